The van der Waals surface area contributed by atoms with Crippen molar-refractivity contribution < 1.29 is 4.74 Å². The summed E-state index contributed by atoms with van der Waals surface area (Å²) >= 11 is 0. The van der Waals surface area contributed by atoms with Crippen LogP contribution in [0.15, 0.2) is 48.5 Å². The topological polar surface area (TPSA) is 52.8 Å². The highest BCUT2D eigenvalue weighted by atomic mass is 16.5. The van der Waals surface area contributed by atoms with Crippen molar-refractivity contribution in [2.24, 2.45) is 0 Å². The van der Waals surface area contributed by atoms with Crippen LogP contribution in [0.4, 0.5) is 0 Å². The Labute approximate surface area is 152 Å². The summed E-state index contributed by atoms with van der Waals surface area (Å²) in [5.74, 6) is 0.909. The van der Waals surface area contributed by atoms with Crippen LogP contribution in [-0.2, 0) is 11.3 Å². The molecule has 0 fully saturated rings. The highest BCUT2D eigenvalue weighted by molar-refractivity contribution is 5.84. The molecule has 4 rings (SSSR count). The summed E-state index contributed by atoms with van der Waals surface area (Å²) in [7, 11) is 0. The standard InChI is InChI=1S/C21H22N4O/c1-3-26-14-6-13-25-20(16-11-9-15(2)10-12-16)24-19-21(25)23-18-8-5-4-7-17(18)22-19/h4-5,7-12H,3,6,13-14H2,1-2H3. The number of ether oxygens (including phenoxy) is 1. The molecule has 2 heterocycles. The predicted molar refractivity (Wildman–Crippen MR) is 104 cm³/mol. The first-order valence-electron chi connectivity index (χ1n) is 9.04. The lowest BCUT2D eigenvalue weighted by atomic mass is 10.1. The number of rotatable bonds is 6. The van der Waals surface area contributed by atoms with E-state index in [-0.39, 0.29) is 0 Å². The van der Waals surface area contributed by atoms with Crippen LogP contribution in [0.3, 0.4) is 0 Å². The van der Waals surface area contributed by atoms with E-state index in [9.17, 15) is 0 Å². The lowest BCUT2D eigenvalue weighted by Gasteiger charge is -2.09. The van der Waals surface area contributed by atoms with Gasteiger partial charge in [0.25, 0.3) is 0 Å². The lowest BCUT2D eigenvalue weighted by molar-refractivity contribution is 0.142. The number of nitrogens with zero attached hydrogens (tertiary/aromatic N) is 4. The second-order valence-corrected chi connectivity index (χ2v) is 6.36. The summed E-state index contributed by atoms with van der Waals surface area (Å²) in [4.78, 5) is 14.4. The Balaban J connectivity index is 1.84. The van der Waals surface area contributed by atoms with Gasteiger partial charge in [-0.25, -0.2) is 15.0 Å². The third kappa shape index (κ3) is 3.18. The van der Waals surface area contributed by atoms with Crippen LogP contribution in [-0.4, -0.2) is 32.7 Å². The average Bonchev–Trinajstić information content (AvgIpc) is 3.01. The van der Waals surface area contributed by atoms with Crippen LogP contribution in [0.25, 0.3) is 33.7 Å². The van der Waals surface area contributed by atoms with Gasteiger partial charge in [-0.2, -0.15) is 0 Å². The van der Waals surface area contributed by atoms with Gasteiger partial charge in [-0.05, 0) is 32.4 Å². The second kappa shape index (κ2) is 7.22. The van der Waals surface area contributed by atoms with Crippen LogP contribution in [0, 0.1) is 6.92 Å². The quantitative estimate of drug-likeness (QED) is 0.486. The van der Waals surface area contributed by atoms with Crippen molar-refractivity contribution in [1.29, 1.82) is 0 Å². The van der Waals surface area contributed by atoms with Crippen LogP contribution >= 0.6 is 0 Å². The summed E-state index contributed by atoms with van der Waals surface area (Å²) in [5.41, 5.74) is 5.59. The fraction of sp³-hybridized carbons (Fsp3) is 0.286. The molecule has 26 heavy (non-hydrogen) atoms. The molecule has 0 unspecified atom stereocenters. The molecule has 4 aromatic rings. The molecule has 0 spiro atoms. The zero-order valence-electron chi connectivity index (χ0n) is 15.1. The molecule has 2 aromatic carbocycles. The Morgan fingerprint density at radius 1 is 0.923 bits per heavy atom. The van der Waals surface area contributed by atoms with Gasteiger partial charge in [-0.3, -0.25) is 0 Å². The molecule has 2 aromatic heterocycles. The first-order chi connectivity index (χ1) is 12.8. The minimum atomic E-state index is 0.690. The molecule has 0 saturated carbocycles. The summed E-state index contributed by atoms with van der Waals surface area (Å²) in [6.45, 7) is 6.36. The molecule has 0 N–H and O–H groups in total. The third-order valence-electron chi connectivity index (χ3n) is 4.44. The molecule has 0 aliphatic carbocycles. The van der Waals surface area contributed by atoms with E-state index in [0.29, 0.717) is 5.65 Å². The molecular formula is C21H22N4O. The number of aromatic nitrogens is 4. The van der Waals surface area contributed by atoms with E-state index in [1.807, 2.05) is 31.2 Å². The monoisotopic (exact) mass is 346 g/mol. The minimum absolute atomic E-state index is 0.690. The van der Waals surface area contributed by atoms with E-state index < -0.39 is 0 Å². The highest BCUT2D eigenvalue weighted by Crippen LogP contribution is 2.25. The van der Waals surface area contributed by atoms with Gasteiger partial charge in [0.15, 0.2) is 11.3 Å². The molecule has 0 aliphatic heterocycles. The Bertz CT molecular complexity index is 1040. The van der Waals surface area contributed by atoms with Crippen molar-refractivity contribution in [3.05, 3.63) is 54.1 Å². The lowest BCUT2D eigenvalue weighted by Crippen LogP contribution is -2.05. The van der Waals surface area contributed by atoms with Gasteiger partial charge in [-0.15, -0.1) is 0 Å². The molecule has 0 atom stereocenters. The van der Waals surface area contributed by atoms with Crippen LogP contribution in [0.5, 0.6) is 0 Å². The van der Waals surface area contributed by atoms with Gasteiger partial charge < -0.3 is 9.30 Å². The first-order valence-corrected chi connectivity index (χ1v) is 9.04. The largest absolute Gasteiger partial charge is 0.382 e. The van der Waals surface area contributed by atoms with Crippen LogP contribution in [0.2, 0.25) is 0 Å². The Kier molecular flexibility index (Phi) is 4.63. The van der Waals surface area contributed by atoms with Crippen LogP contribution in [0.1, 0.15) is 18.9 Å². The predicted octanol–water partition coefficient (Wildman–Crippen LogP) is 4.38. The maximum absolute atomic E-state index is 5.51. The van der Waals surface area contributed by atoms with E-state index in [1.54, 1.807) is 0 Å². The molecule has 5 nitrogen and oxygen atoms in total. The first kappa shape index (κ1) is 16.7. The Morgan fingerprint density at radius 2 is 1.65 bits per heavy atom. The van der Waals surface area contributed by atoms with Gasteiger partial charge in [0, 0.05) is 25.3 Å². The van der Waals surface area contributed by atoms with Gasteiger partial charge in [-0.1, -0.05) is 42.0 Å². The second-order valence-electron chi connectivity index (χ2n) is 6.36. The van der Waals surface area contributed by atoms with E-state index in [2.05, 4.69) is 35.8 Å². The maximum atomic E-state index is 5.51. The molecule has 5 heteroatoms. The smallest absolute Gasteiger partial charge is 0.198 e. The minimum Gasteiger partial charge on any atom is -0.382 e. The number of hydrogen-bond acceptors (Lipinski definition) is 4. The van der Waals surface area contributed by atoms with Gasteiger partial charge >= 0.3 is 0 Å². The number of hydrogen-bond donors (Lipinski definition) is 0. The van der Waals surface area contributed by atoms with Crippen molar-refractivity contribution in [3.63, 3.8) is 0 Å². The average molecular weight is 346 g/mol. The zero-order valence-corrected chi connectivity index (χ0v) is 15.1. The maximum Gasteiger partial charge on any atom is 0.198 e. The number of benzene rings is 2. The van der Waals surface area contributed by atoms with E-state index in [4.69, 9.17) is 19.7 Å². The summed E-state index contributed by atoms with van der Waals surface area (Å²) in [5, 5.41) is 0. The molecule has 132 valence electrons. The number of para-hydroxylation sites is 2. The summed E-state index contributed by atoms with van der Waals surface area (Å²) < 4.78 is 7.67. The summed E-state index contributed by atoms with van der Waals surface area (Å²) in [6, 6.07) is 16.4. The molecule has 0 saturated heterocycles. The van der Waals surface area contributed by atoms with Crippen molar-refractivity contribution in [2.45, 2.75) is 26.8 Å². The number of fused-ring (bicyclic) bond motifs is 2. The molecular weight excluding hydrogens is 324 g/mol. The SMILES string of the molecule is CCOCCCn1c(-c2ccc(C)cc2)nc2nc3ccccc3nc21. The van der Waals surface area contributed by atoms with Gasteiger partial charge in [0.2, 0.25) is 0 Å². The number of aryl methyl sites for hydroxylation is 2. The van der Waals surface area contributed by atoms with Crippen molar-refractivity contribution in [1.82, 2.24) is 19.5 Å². The fourth-order valence-corrected chi connectivity index (χ4v) is 3.10. The molecule has 0 amide bonds. The van der Waals surface area contributed by atoms with E-state index >= 15 is 0 Å². The third-order valence-corrected chi connectivity index (χ3v) is 4.44. The van der Waals surface area contributed by atoms with Gasteiger partial charge in [0.05, 0.1) is 11.0 Å². The Hall–Kier alpha value is -2.79. The normalized spacial score (nSPS) is 11.5. The molecule has 0 radical (unpaired) electrons. The van der Waals surface area contributed by atoms with Crippen molar-refractivity contribution >= 4 is 22.3 Å². The van der Waals surface area contributed by atoms with Crippen molar-refractivity contribution in [3.8, 4) is 11.4 Å². The van der Waals surface area contributed by atoms with Crippen molar-refractivity contribution in [2.75, 3.05) is 13.2 Å². The van der Waals surface area contributed by atoms with Gasteiger partial charge in [0.1, 0.15) is 5.82 Å². The molecule has 0 aliphatic rings. The summed E-state index contributed by atoms with van der Waals surface area (Å²) in [6.07, 6.45) is 0.909. The highest BCUT2D eigenvalue weighted by Gasteiger charge is 2.15. The number of imidazole rings is 1. The van der Waals surface area contributed by atoms with E-state index in [1.165, 1.54) is 5.56 Å². The molecule has 0 bridgehead atoms. The van der Waals surface area contributed by atoms with E-state index in [0.717, 1.165) is 54.2 Å². The zero-order chi connectivity index (χ0) is 17.9. The fourth-order valence-electron chi connectivity index (χ4n) is 3.10. The van der Waals surface area contributed by atoms with Crippen LogP contribution < -0.4 is 0 Å². The Morgan fingerprint density at radius 3 is 2.38 bits per heavy atom.